The molecule has 1 fully saturated rings. The molecule has 6 heteroatoms. The van der Waals surface area contributed by atoms with E-state index in [9.17, 15) is 4.79 Å². The van der Waals surface area contributed by atoms with Gasteiger partial charge in [0.15, 0.2) is 4.96 Å². The molecule has 0 atom stereocenters. The van der Waals surface area contributed by atoms with Crippen molar-refractivity contribution in [2.75, 3.05) is 26.2 Å². The van der Waals surface area contributed by atoms with Gasteiger partial charge >= 0.3 is 0 Å². The van der Waals surface area contributed by atoms with Gasteiger partial charge in [0.2, 0.25) is 0 Å². The Bertz CT molecular complexity index is 865. The Morgan fingerprint density at radius 2 is 1.75 bits per heavy atom. The molecule has 0 unspecified atom stereocenters. The predicted molar refractivity (Wildman–Crippen MR) is 94.6 cm³/mol. The van der Waals surface area contributed by atoms with E-state index in [4.69, 9.17) is 0 Å². The van der Waals surface area contributed by atoms with Crippen LogP contribution in [0.3, 0.4) is 0 Å². The monoisotopic (exact) mass is 342 g/mol. The maximum absolute atomic E-state index is 12.1. The molecule has 2 N–H and O–H groups in total. The molecule has 5 nitrogen and oxygen atoms in total. The van der Waals surface area contributed by atoms with Crippen LogP contribution < -0.4 is 15.4 Å². The number of fused-ring (bicyclic) bond motifs is 1. The number of nitrogens with one attached hydrogen (secondary N) is 2. The SMILES string of the molecule is O=c1cc(C[NH+]2CC[NH+](Cc3ccccc3)CC2)nc2sccn12. The summed E-state index contributed by atoms with van der Waals surface area (Å²) in [6, 6.07) is 12.4. The number of quaternary nitrogens is 2. The first kappa shape index (κ1) is 15.5. The summed E-state index contributed by atoms with van der Waals surface area (Å²) in [5.74, 6) is 0. The minimum absolute atomic E-state index is 0.0315. The summed E-state index contributed by atoms with van der Waals surface area (Å²) in [6.45, 7) is 6.56. The zero-order chi connectivity index (χ0) is 16.4. The highest BCUT2D eigenvalue weighted by molar-refractivity contribution is 7.15. The molecular weight excluding hydrogens is 320 g/mol. The van der Waals surface area contributed by atoms with Gasteiger partial charge in [0.05, 0.1) is 0 Å². The van der Waals surface area contributed by atoms with Gasteiger partial charge < -0.3 is 9.80 Å². The number of rotatable bonds is 4. The molecular formula is C18H22N4OS+2. The molecule has 3 aromatic rings. The van der Waals surface area contributed by atoms with E-state index in [-0.39, 0.29) is 5.56 Å². The van der Waals surface area contributed by atoms with Crippen molar-refractivity contribution in [3.63, 3.8) is 0 Å². The van der Waals surface area contributed by atoms with Crippen molar-refractivity contribution >= 4 is 16.3 Å². The van der Waals surface area contributed by atoms with Gasteiger partial charge in [0.25, 0.3) is 5.56 Å². The molecule has 24 heavy (non-hydrogen) atoms. The van der Waals surface area contributed by atoms with Gasteiger partial charge in [-0.3, -0.25) is 9.20 Å². The Hall–Kier alpha value is -2.02. The molecule has 124 valence electrons. The topological polar surface area (TPSA) is 43.2 Å². The van der Waals surface area contributed by atoms with Crippen LogP contribution in [0.2, 0.25) is 0 Å². The van der Waals surface area contributed by atoms with E-state index in [1.807, 2.05) is 5.38 Å². The van der Waals surface area contributed by atoms with Crippen LogP contribution in [-0.2, 0) is 13.1 Å². The Balaban J connectivity index is 1.36. The summed E-state index contributed by atoms with van der Waals surface area (Å²) < 4.78 is 1.62. The molecule has 0 radical (unpaired) electrons. The lowest BCUT2D eigenvalue weighted by Crippen LogP contribution is -3.27. The molecule has 3 heterocycles. The second-order valence-electron chi connectivity index (χ2n) is 6.48. The van der Waals surface area contributed by atoms with Crippen LogP contribution in [-0.4, -0.2) is 35.6 Å². The predicted octanol–water partition coefficient (Wildman–Crippen LogP) is -0.760. The fourth-order valence-electron chi connectivity index (χ4n) is 3.43. The zero-order valence-corrected chi connectivity index (χ0v) is 14.4. The van der Waals surface area contributed by atoms with Crippen molar-refractivity contribution in [3.8, 4) is 0 Å². The van der Waals surface area contributed by atoms with Gasteiger partial charge in [-0.05, 0) is 0 Å². The number of hydrogen-bond donors (Lipinski definition) is 2. The summed E-state index contributed by atoms with van der Waals surface area (Å²) in [4.78, 5) is 20.7. The van der Waals surface area contributed by atoms with Crippen molar-refractivity contribution in [2.24, 2.45) is 0 Å². The number of thiazole rings is 1. The minimum atomic E-state index is 0.0315. The highest BCUT2D eigenvalue weighted by Gasteiger charge is 2.23. The van der Waals surface area contributed by atoms with Gasteiger partial charge in [-0.1, -0.05) is 30.3 Å². The third-order valence-electron chi connectivity index (χ3n) is 4.75. The number of hydrogen-bond acceptors (Lipinski definition) is 3. The van der Waals surface area contributed by atoms with Crippen LogP contribution >= 0.6 is 11.3 Å². The molecule has 0 saturated carbocycles. The molecule has 2 aromatic heterocycles. The lowest BCUT2D eigenvalue weighted by molar-refractivity contribution is -1.02. The van der Waals surface area contributed by atoms with E-state index in [1.54, 1.807) is 21.6 Å². The second kappa shape index (κ2) is 6.84. The lowest BCUT2D eigenvalue weighted by atomic mass is 10.2. The quantitative estimate of drug-likeness (QED) is 0.655. The van der Waals surface area contributed by atoms with E-state index < -0.39 is 0 Å². The number of piperazine rings is 1. The summed E-state index contributed by atoms with van der Waals surface area (Å²) in [5.41, 5.74) is 2.36. The largest absolute Gasteiger partial charge is 0.322 e. The molecule has 0 aliphatic carbocycles. The second-order valence-corrected chi connectivity index (χ2v) is 7.35. The third-order valence-corrected chi connectivity index (χ3v) is 5.51. The van der Waals surface area contributed by atoms with Gasteiger partial charge in [-0.25, -0.2) is 4.98 Å². The maximum Gasteiger partial charge on any atom is 0.258 e. The van der Waals surface area contributed by atoms with Crippen LogP contribution in [0.15, 0.2) is 52.8 Å². The highest BCUT2D eigenvalue weighted by Crippen LogP contribution is 2.05. The van der Waals surface area contributed by atoms with Crippen molar-refractivity contribution in [1.82, 2.24) is 9.38 Å². The summed E-state index contributed by atoms with van der Waals surface area (Å²) >= 11 is 1.52. The molecule has 1 aromatic carbocycles. The van der Waals surface area contributed by atoms with Gasteiger partial charge in [-0.2, -0.15) is 0 Å². The standard InChI is InChI=1S/C18H20N4OS/c23-17-12-16(19-18-22(17)10-11-24-18)14-21-8-6-20(7-9-21)13-15-4-2-1-3-5-15/h1-5,10-12H,6-9,13-14H2/p+2. The van der Waals surface area contributed by atoms with Crippen LogP contribution in [0.1, 0.15) is 11.3 Å². The van der Waals surface area contributed by atoms with Crippen LogP contribution in [0.5, 0.6) is 0 Å². The molecule has 1 saturated heterocycles. The number of nitrogens with zero attached hydrogens (tertiary/aromatic N) is 2. The van der Waals surface area contributed by atoms with E-state index in [2.05, 4.69) is 35.3 Å². The van der Waals surface area contributed by atoms with Gasteiger partial charge in [0.1, 0.15) is 45.0 Å². The summed E-state index contributed by atoms with van der Waals surface area (Å²) in [5, 5.41) is 1.91. The Labute approximate surface area is 144 Å². The van der Waals surface area contributed by atoms with Gasteiger partial charge in [0, 0.05) is 23.2 Å². The van der Waals surface area contributed by atoms with E-state index >= 15 is 0 Å². The molecule has 1 aliphatic rings. The highest BCUT2D eigenvalue weighted by atomic mass is 32.1. The lowest BCUT2D eigenvalue weighted by Gasteiger charge is -2.29. The van der Waals surface area contributed by atoms with Crippen molar-refractivity contribution < 1.29 is 9.80 Å². The van der Waals surface area contributed by atoms with Crippen molar-refractivity contribution in [2.45, 2.75) is 13.1 Å². The molecule has 4 rings (SSSR count). The molecule has 0 bridgehead atoms. The first-order chi connectivity index (χ1) is 11.8. The van der Waals surface area contributed by atoms with Crippen LogP contribution in [0.25, 0.3) is 4.96 Å². The van der Waals surface area contributed by atoms with Crippen molar-refractivity contribution in [3.05, 3.63) is 69.6 Å². The average molecular weight is 342 g/mol. The number of aromatic nitrogens is 2. The van der Waals surface area contributed by atoms with E-state index in [1.165, 1.54) is 34.9 Å². The smallest absolute Gasteiger partial charge is 0.258 e. The first-order valence-corrected chi connectivity index (χ1v) is 9.33. The minimum Gasteiger partial charge on any atom is -0.322 e. The van der Waals surface area contributed by atoms with Crippen LogP contribution in [0.4, 0.5) is 0 Å². The van der Waals surface area contributed by atoms with E-state index in [0.717, 1.165) is 36.8 Å². The summed E-state index contributed by atoms with van der Waals surface area (Å²) in [6.07, 6.45) is 1.79. The van der Waals surface area contributed by atoms with Gasteiger partial charge in [-0.15, -0.1) is 11.3 Å². The Morgan fingerprint density at radius 1 is 1.04 bits per heavy atom. The molecule has 0 spiro atoms. The van der Waals surface area contributed by atoms with E-state index in [0.29, 0.717) is 0 Å². The fraction of sp³-hybridized carbons (Fsp3) is 0.333. The maximum atomic E-state index is 12.1. The van der Waals surface area contributed by atoms with Crippen LogP contribution in [0, 0.1) is 0 Å². The number of benzene rings is 1. The van der Waals surface area contributed by atoms with Crippen molar-refractivity contribution in [1.29, 1.82) is 0 Å². The average Bonchev–Trinajstić information content (AvgIpc) is 3.07. The first-order valence-electron chi connectivity index (χ1n) is 8.45. The third kappa shape index (κ3) is 3.40. The molecule has 1 aliphatic heterocycles. The molecule has 0 amide bonds. The Morgan fingerprint density at radius 3 is 2.50 bits per heavy atom. The zero-order valence-electron chi connectivity index (χ0n) is 13.6. The summed E-state index contributed by atoms with van der Waals surface area (Å²) in [7, 11) is 0. The Kier molecular flexibility index (Phi) is 4.42. The fourth-order valence-corrected chi connectivity index (χ4v) is 4.17. The normalized spacial score (nSPS) is 21.2.